The van der Waals surface area contributed by atoms with Gasteiger partial charge in [-0.25, -0.2) is 12.8 Å². The number of nitrogen functional groups attached to an aromatic ring is 1. The van der Waals surface area contributed by atoms with Crippen LogP contribution in [0.1, 0.15) is 5.56 Å². The van der Waals surface area contributed by atoms with E-state index < -0.39 is 15.8 Å². The second-order valence-corrected chi connectivity index (χ2v) is 6.36. The minimum atomic E-state index is -3.95. The SMILES string of the molecule is Cc1ccc(S(=O)(=O)Nc2ccc(Cl)cc2F)c(N)c1. The van der Waals surface area contributed by atoms with Gasteiger partial charge >= 0.3 is 0 Å². The van der Waals surface area contributed by atoms with Crippen LogP contribution in [0.25, 0.3) is 0 Å². The van der Waals surface area contributed by atoms with Gasteiger partial charge in [-0.2, -0.15) is 0 Å². The van der Waals surface area contributed by atoms with Crippen molar-refractivity contribution < 1.29 is 12.8 Å². The molecule has 0 saturated heterocycles. The highest BCUT2D eigenvalue weighted by Crippen LogP contribution is 2.25. The summed E-state index contributed by atoms with van der Waals surface area (Å²) >= 11 is 5.61. The van der Waals surface area contributed by atoms with Gasteiger partial charge < -0.3 is 5.73 Å². The fraction of sp³-hybridized carbons (Fsp3) is 0.0769. The van der Waals surface area contributed by atoms with E-state index in [0.717, 1.165) is 11.6 Å². The van der Waals surface area contributed by atoms with Gasteiger partial charge in [0.05, 0.1) is 11.4 Å². The quantitative estimate of drug-likeness (QED) is 0.855. The number of aryl methyl sites for hydroxylation is 1. The summed E-state index contributed by atoms with van der Waals surface area (Å²) in [6.07, 6.45) is 0. The Bertz CT molecular complexity index is 763. The Morgan fingerprint density at radius 1 is 1.20 bits per heavy atom. The summed E-state index contributed by atoms with van der Waals surface area (Å²) in [5.74, 6) is -0.758. The highest BCUT2D eigenvalue weighted by Gasteiger charge is 2.19. The van der Waals surface area contributed by atoms with Gasteiger partial charge in [0.15, 0.2) is 0 Å². The number of sulfonamides is 1. The molecule has 7 heteroatoms. The van der Waals surface area contributed by atoms with E-state index in [4.69, 9.17) is 17.3 Å². The predicted octanol–water partition coefficient (Wildman–Crippen LogP) is 3.17. The molecular weight excluding hydrogens is 303 g/mol. The number of rotatable bonds is 3. The smallest absolute Gasteiger partial charge is 0.264 e. The standard InChI is InChI=1S/C13H12ClFN2O2S/c1-8-2-5-13(11(16)6-8)20(18,19)17-12-4-3-9(14)7-10(12)15/h2-7,17H,16H2,1H3. The van der Waals surface area contributed by atoms with Crippen molar-refractivity contribution in [3.05, 3.63) is 52.8 Å². The van der Waals surface area contributed by atoms with Crippen LogP contribution in [0.5, 0.6) is 0 Å². The molecule has 4 nitrogen and oxygen atoms in total. The summed E-state index contributed by atoms with van der Waals surface area (Å²) in [5.41, 5.74) is 6.44. The summed E-state index contributed by atoms with van der Waals surface area (Å²) < 4.78 is 40.1. The zero-order valence-electron chi connectivity index (χ0n) is 10.5. The number of nitrogens with two attached hydrogens (primary N) is 1. The Morgan fingerprint density at radius 3 is 2.50 bits per heavy atom. The molecule has 0 atom stereocenters. The summed E-state index contributed by atoms with van der Waals surface area (Å²) in [7, 11) is -3.95. The van der Waals surface area contributed by atoms with E-state index in [-0.39, 0.29) is 21.3 Å². The molecule has 2 aromatic carbocycles. The summed E-state index contributed by atoms with van der Waals surface area (Å²) in [6, 6.07) is 8.19. The number of hydrogen-bond acceptors (Lipinski definition) is 3. The normalized spacial score (nSPS) is 11.3. The lowest BCUT2D eigenvalue weighted by Crippen LogP contribution is -2.15. The Morgan fingerprint density at radius 2 is 1.90 bits per heavy atom. The fourth-order valence-corrected chi connectivity index (χ4v) is 3.02. The number of halogens is 2. The maximum Gasteiger partial charge on any atom is 0.264 e. The van der Waals surface area contributed by atoms with E-state index in [1.165, 1.54) is 24.3 Å². The van der Waals surface area contributed by atoms with Crippen molar-refractivity contribution in [3.63, 3.8) is 0 Å². The van der Waals surface area contributed by atoms with E-state index in [2.05, 4.69) is 4.72 Å². The first kappa shape index (κ1) is 14.6. The molecule has 106 valence electrons. The van der Waals surface area contributed by atoms with Crippen molar-refractivity contribution in [1.82, 2.24) is 0 Å². The Kier molecular flexibility index (Phi) is 3.87. The molecule has 2 rings (SSSR count). The summed E-state index contributed by atoms with van der Waals surface area (Å²) in [5, 5.41) is 0.181. The van der Waals surface area contributed by atoms with Crippen molar-refractivity contribution in [2.45, 2.75) is 11.8 Å². The Hall–Kier alpha value is -1.79. The molecule has 0 bridgehead atoms. The number of anilines is 2. The van der Waals surface area contributed by atoms with Gasteiger partial charge in [0.25, 0.3) is 10.0 Å². The first-order valence-electron chi connectivity index (χ1n) is 5.63. The van der Waals surface area contributed by atoms with Crippen LogP contribution in [-0.2, 0) is 10.0 Å². The highest BCUT2D eigenvalue weighted by atomic mass is 35.5. The molecule has 0 aliphatic rings. The van der Waals surface area contributed by atoms with Crippen LogP contribution in [0.4, 0.5) is 15.8 Å². The fourth-order valence-electron chi connectivity index (χ4n) is 1.68. The van der Waals surface area contributed by atoms with E-state index in [1.54, 1.807) is 13.0 Å². The third-order valence-corrected chi connectivity index (χ3v) is 4.30. The van der Waals surface area contributed by atoms with Crippen molar-refractivity contribution >= 4 is 33.0 Å². The average molecular weight is 315 g/mol. The van der Waals surface area contributed by atoms with Crippen LogP contribution in [0.2, 0.25) is 5.02 Å². The average Bonchev–Trinajstić information content (AvgIpc) is 2.32. The number of benzene rings is 2. The van der Waals surface area contributed by atoms with Gasteiger partial charge in [0.1, 0.15) is 10.7 Å². The van der Waals surface area contributed by atoms with Gasteiger partial charge in [-0.05, 0) is 42.8 Å². The maximum atomic E-state index is 13.6. The molecule has 3 N–H and O–H groups in total. The van der Waals surface area contributed by atoms with Crippen LogP contribution >= 0.6 is 11.6 Å². The summed E-state index contributed by atoms with van der Waals surface area (Å²) in [6.45, 7) is 1.79. The van der Waals surface area contributed by atoms with Crippen molar-refractivity contribution in [1.29, 1.82) is 0 Å². The minimum absolute atomic E-state index is 0.0996. The van der Waals surface area contributed by atoms with Gasteiger partial charge in [0, 0.05) is 5.02 Å². The second-order valence-electron chi connectivity index (χ2n) is 4.27. The molecule has 0 fully saturated rings. The van der Waals surface area contributed by atoms with Crippen LogP contribution in [0, 0.1) is 12.7 Å². The zero-order valence-corrected chi connectivity index (χ0v) is 12.1. The Labute approximate surface area is 121 Å². The topological polar surface area (TPSA) is 72.2 Å². The molecule has 0 aliphatic heterocycles. The lowest BCUT2D eigenvalue weighted by atomic mass is 10.2. The minimum Gasteiger partial charge on any atom is -0.398 e. The molecule has 2 aromatic rings. The molecule has 0 unspecified atom stereocenters. The number of nitrogens with one attached hydrogen (secondary N) is 1. The third-order valence-electron chi connectivity index (χ3n) is 2.63. The molecule has 0 saturated carbocycles. The zero-order chi connectivity index (χ0) is 14.9. The predicted molar refractivity (Wildman–Crippen MR) is 77.8 cm³/mol. The highest BCUT2D eigenvalue weighted by molar-refractivity contribution is 7.92. The van der Waals surface area contributed by atoms with E-state index in [9.17, 15) is 12.8 Å². The van der Waals surface area contributed by atoms with Crippen molar-refractivity contribution in [2.24, 2.45) is 0 Å². The monoisotopic (exact) mass is 314 g/mol. The van der Waals surface area contributed by atoms with Crippen LogP contribution in [0.15, 0.2) is 41.3 Å². The molecule has 0 spiro atoms. The van der Waals surface area contributed by atoms with Crippen LogP contribution < -0.4 is 10.5 Å². The molecule has 20 heavy (non-hydrogen) atoms. The third kappa shape index (κ3) is 3.02. The lowest BCUT2D eigenvalue weighted by molar-refractivity contribution is 0.599. The first-order valence-corrected chi connectivity index (χ1v) is 7.50. The van der Waals surface area contributed by atoms with E-state index in [1.807, 2.05) is 0 Å². The van der Waals surface area contributed by atoms with E-state index in [0.29, 0.717) is 0 Å². The largest absolute Gasteiger partial charge is 0.398 e. The van der Waals surface area contributed by atoms with Crippen molar-refractivity contribution in [2.75, 3.05) is 10.5 Å². The van der Waals surface area contributed by atoms with Gasteiger partial charge in [0.2, 0.25) is 0 Å². The molecule has 0 amide bonds. The summed E-state index contributed by atoms with van der Waals surface area (Å²) in [4.78, 5) is -0.0996. The second kappa shape index (κ2) is 5.30. The van der Waals surface area contributed by atoms with E-state index >= 15 is 0 Å². The number of hydrogen-bond donors (Lipinski definition) is 2. The van der Waals surface area contributed by atoms with Crippen LogP contribution in [0.3, 0.4) is 0 Å². The molecular formula is C13H12ClFN2O2S. The molecule has 0 heterocycles. The van der Waals surface area contributed by atoms with Gasteiger partial charge in [-0.1, -0.05) is 17.7 Å². The molecule has 0 aliphatic carbocycles. The maximum absolute atomic E-state index is 13.6. The van der Waals surface area contributed by atoms with Crippen molar-refractivity contribution in [3.8, 4) is 0 Å². The first-order chi connectivity index (χ1) is 9.29. The lowest BCUT2D eigenvalue weighted by Gasteiger charge is -2.11. The molecule has 0 aromatic heterocycles. The van der Waals surface area contributed by atoms with Gasteiger partial charge in [-0.3, -0.25) is 4.72 Å². The van der Waals surface area contributed by atoms with Crippen LogP contribution in [-0.4, -0.2) is 8.42 Å². The Balaban J connectivity index is 2.41. The molecule has 0 radical (unpaired) electrons. The van der Waals surface area contributed by atoms with Gasteiger partial charge in [-0.15, -0.1) is 0 Å².